The first-order valence-corrected chi connectivity index (χ1v) is 11.4. The zero-order valence-electron chi connectivity index (χ0n) is 20.0. The van der Waals surface area contributed by atoms with Gasteiger partial charge in [-0.15, -0.1) is 0 Å². The number of amides is 1. The molecule has 1 amide bonds. The van der Waals surface area contributed by atoms with Gasteiger partial charge in [-0.05, 0) is 62.5 Å². The van der Waals surface area contributed by atoms with E-state index in [1.807, 2.05) is 50.2 Å². The van der Waals surface area contributed by atoms with Crippen molar-refractivity contribution in [1.29, 1.82) is 0 Å². The number of carbonyl (C=O) groups is 2. The number of rotatable bonds is 11. The molecule has 1 aliphatic rings. The second-order valence-electron chi connectivity index (χ2n) is 8.34. The van der Waals surface area contributed by atoms with Crippen molar-refractivity contribution in [2.75, 3.05) is 40.4 Å². The van der Waals surface area contributed by atoms with Crippen LogP contribution in [0.1, 0.15) is 30.5 Å². The SMILES string of the molecule is C=CCOc1ccc(/C(O)=C2\C(=O)C(=O)N(CCN(C)C)C2c2ccc(OCCC)cc2)cc1. The van der Waals surface area contributed by atoms with Gasteiger partial charge in [0.05, 0.1) is 18.2 Å². The van der Waals surface area contributed by atoms with Crippen LogP contribution < -0.4 is 9.47 Å². The molecule has 34 heavy (non-hydrogen) atoms. The third-order valence-electron chi connectivity index (χ3n) is 5.49. The van der Waals surface area contributed by atoms with Crippen molar-refractivity contribution in [2.45, 2.75) is 19.4 Å². The molecule has 7 heteroatoms. The monoisotopic (exact) mass is 464 g/mol. The smallest absolute Gasteiger partial charge is 0.295 e. The Morgan fingerprint density at radius 3 is 2.26 bits per heavy atom. The van der Waals surface area contributed by atoms with Crippen LogP contribution in [0.25, 0.3) is 5.76 Å². The average molecular weight is 465 g/mol. The van der Waals surface area contributed by atoms with Gasteiger partial charge in [0.15, 0.2) is 0 Å². The third-order valence-corrected chi connectivity index (χ3v) is 5.49. The van der Waals surface area contributed by atoms with Crippen LogP contribution in [-0.2, 0) is 9.59 Å². The second kappa shape index (κ2) is 11.5. The molecule has 1 saturated heterocycles. The van der Waals surface area contributed by atoms with E-state index in [0.29, 0.717) is 43.4 Å². The molecule has 1 atom stereocenters. The quantitative estimate of drug-likeness (QED) is 0.234. The molecule has 1 fully saturated rings. The number of aliphatic hydroxyl groups is 1. The Kier molecular flexibility index (Phi) is 8.49. The fraction of sp³-hybridized carbons (Fsp3) is 0.333. The van der Waals surface area contributed by atoms with Crippen molar-refractivity contribution < 1.29 is 24.2 Å². The Bertz CT molecular complexity index is 1040. The van der Waals surface area contributed by atoms with E-state index in [4.69, 9.17) is 9.47 Å². The summed E-state index contributed by atoms with van der Waals surface area (Å²) < 4.78 is 11.2. The average Bonchev–Trinajstić information content (AvgIpc) is 3.10. The number of nitrogens with zero attached hydrogens (tertiary/aromatic N) is 2. The Morgan fingerprint density at radius 1 is 1.06 bits per heavy atom. The van der Waals surface area contributed by atoms with Crippen LogP contribution in [0, 0.1) is 0 Å². The summed E-state index contributed by atoms with van der Waals surface area (Å²) in [7, 11) is 3.81. The fourth-order valence-corrected chi connectivity index (χ4v) is 3.75. The maximum absolute atomic E-state index is 13.1. The lowest BCUT2D eigenvalue weighted by Crippen LogP contribution is -2.35. The van der Waals surface area contributed by atoms with Gasteiger partial charge >= 0.3 is 0 Å². The number of likely N-dealkylation sites (tertiary alicyclic amines) is 1. The Balaban J connectivity index is 2.02. The summed E-state index contributed by atoms with van der Waals surface area (Å²) in [5, 5.41) is 11.2. The van der Waals surface area contributed by atoms with Crippen molar-refractivity contribution >= 4 is 17.4 Å². The van der Waals surface area contributed by atoms with Gasteiger partial charge in [0, 0.05) is 18.7 Å². The number of likely N-dealkylation sites (N-methyl/N-ethyl adjacent to an activating group) is 1. The zero-order chi connectivity index (χ0) is 24.7. The largest absolute Gasteiger partial charge is 0.507 e. The summed E-state index contributed by atoms with van der Waals surface area (Å²) in [6.45, 7) is 7.55. The molecule has 180 valence electrons. The van der Waals surface area contributed by atoms with E-state index in [-0.39, 0.29) is 11.3 Å². The van der Waals surface area contributed by atoms with Gasteiger partial charge in [0.2, 0.25) is 0 Å². The van der Waals surface area contributed by atoms with Crippen molar-refractivity contribution in [3.05, 3.63) is 77.9 Å². The molecule has 3 rings (SSSR count). The number of hydrogen-bond donors (Lipinski definition) is 1. The van der Waals surface area contributed by atoms with Gasteiger partial charge in [0.25, 0.3) is 11.7 Å². The van der Waals surface area contributed by atoms with Gasteiger partial charge in [0.1, 0.15) is 23.9 Å². The molecule has 1 N–H and O–H groups in total. The van der Waals surface area contributed by atoms with Crippen LogP contribution in [0.2, 0.25) is 0 Å². The summed E-state index contributed by atoms with van der Waals surface area (Å²) in [6.07, 6.45) is 2.53. The summed E-state index contributed by atoms with van der Waals surface area (Å²) in [6, 6.07) is 13.4. The van der Waals surface area contributed by atoms with Crippen molar-refractivity contribution in [3.8, 4) is 11.5 Å². The molecule has 0 saturated carbocycles. The molecule has 0 bridgehead atoms. The Morgan fingerprint density at radius 2 is 1.68 bits per heavy atom. The predicted octanol–water partition coefficient (Wildman–Crippen LogP) is 4.02. The highest BCUT2D eigenvalue weighted by Crippen LogP contribution is 2.39. The molecule has 7 nitrogen and oxygen atoms in total. The number of carbonyl (C=O) groups excluding carboxylic acids is 2. The summed E-state index contributed by atoms with van der Waals surface area (Å²) in [4.78, 5) is 29.5. The highest BCUT2D eigenvalue weighted by molar-refractivity contribution is 6.46. The van der Waals surface area contributed by atoms with E-state index in [1.54, 1.807) is 30.3 Å². The Hall–Kier alpha value is -3.58. The topological polar surface area (TPSA) is 79.3 Å². The molecule has 0 radical (unpaired) electrons. The van der Waals surface area contributed by atoms with Crippen molar-refractivity contribution in [2.24, 2.45) is 0 Å². The zero-order valence-corrected chi connectivity index (χ0v) is 20.0. The second-order valence-corrected chi connectivity index (χ2v) is 8.34. The molecule has 2 aromatic carbocycles. The maximum Gasteiger partial charge on any atom is 0.295 e. The summed E-state index contributed by atoms with van der Waals surface area (Å²) >= 11 is 0. The standard InChI is InChI=1S/C27H32N2O5/c1-5-17-33-21-11-7-19(8-12-21)24-23(26(31)27(32)29(24)16-15-28(3)4)25(30)20-9-13-22(14-10-20)34-18-6-2/h6-14,24,30H,2,5,15-18H2,1,3-4H3/b25-23+. The fourth-order valence-electron chi connectivity index (χ4n) is 3.75. The van der Waals surface area contributed by atoms with Gasteiger partial charge in [-0.2, -0.15) is 0 Å². The highest BCUT2D eigenvalue weighted by atomic mass is 16.5. The van der Waals surface area contributed by atoms with Gasteiger partial charge in [-0.3, -0.25) is 9.59 Å². The molecule has 0 aromatic heterocycles. The lowest BCUT2D eigenvalue weighted by Gasteiger charge is -2.26. The number of Topliss-reactive ketones (excluding diaryl/α,β-unsaturated/α-hetero) is 1. The molecule has 1 heterocycles. The summed E-state index contributed by atoms with van der Waals surface area (Å²) in [5.74, 6) is -0.199. The Labute approximate surface area is 200 Å². The van der Waals surface area contributed by atoms with E-state index in [2.05, 4.69) is 6.58 Å². The lowest BCUT2D eigenvalue weighted by molar-refractivity contribution is -0.140. The van der Waals surface area contributed by atoms with E-state index >= 15 is 0 Å². The van der Waals surface area contributed by atoms with Crippen LogP contribution in [0.15, 0.2) is 66.8 Å². The van der Waals surface area contributed by atoms with E-state index in [1.165, 1.54) is 4.90 Å². The molecule has 1 unspecified atom stereocenters. The number of ketones is 1. The van der Waals surface area contributed by atoms with Crippen LogP contribution in [-0.4, -0.2) is 67.0 Å². The van der Waals surface area contributed by atoms with Gasteiger partial charge in [-0.1, -0.05) is 31.7 Å². The third kappa shape index (κ3) is 5.66. The molecular formula is C27H32N2O5. The minimum absolute atomic E-state index is 0.0748. The van der Waals surface area contributed by atoms with Gasteiger partial charge < -0.3 is 24.4 Å². The lowest BCUT2D eigenvalue weighted by atomic mass is 9.95. The molecule has 0 spiro atoms. The maximum atomic E-state index is 13.1. The molecule has 0 aliphatic carbocycles. The van der Waals surface area contributed by atoms with E-state index < -0.39 is 17.7 Å². The number of hydrogen-bond acceptors (Lipinski definition) is 6. The summed E-state index contributed by atoms with van der Waals surface area (Å²) in [5.41, 5.74) is 1.24. The highest BCUT2D eigenvalue weighted by Gasteiger charge is 2.45. The normalized spacial score (nSPS) is 17.3. The first kappa shape index (κ1) is 25.1. The molecule has 1 aliphatic heterocycles. The van der Waals surface area contributed by atoms with E-state index in [9.17, 15) is 14.7 Å². The molecule has 2 aromatic rings. The number of ether oxygens (including phenoxy) is 2. The van der Waals surface area contributed by atoms with Crippen LogP contribution in [0.5, 0.6) is 11.5 Å². The van der Waals surface area contributed by atoms with Gasteiger partial charge in [-0.25, -0.2) is 0 Å². The molecular weight excluding hydrogens is 432 g/mol. The minimum Gasteiger partial charge on any atom is -0.507 e. The first-order chi connectivity index (χ1) is 16.4. The number of aliphatic hydroxyl groups excluding tert-OH is 1. The van der Waals surface area contributed by atoms with Crippen LogP contribution in [0.3, 0.4) is 0 Å². The first-order valence-electron chi connectivity index (χ1n) is 11.4. The minimum atomic E-state index is -0.697. The van der Waals surface area contributed by atoms with Crippen LogP contribution >= 0.6 is 0 Å². The number of benzene rings is 2. The van der Waals surface area contributed by atoms with Crippen LogP contribution in [0.4, 0.5) is 0 Å². The predicted molar refractivity (Wildman–Crippen MR) is 132 cm³/mol. The van der Waals surface area contributed by atoms with Crippen molar-refractivity contribution in [1.82, 2.24) is 9.80 Å². The van der Waals surface area contributed by atoms with Crippen molar-refractivity contribution in [3.63, 3.8) is 0 Å². The van der Waals surface area contributed by atoms with E-state index in [0.717, 1.165) is 12.0 Å².